The fourth-order valence-corrected chi connectivity index (χ4v) is 0.240. The molecule has 0 atom stereocenters. The number of carboxylic acid groups (broad SMARTS) is 1. The molecule has 1 N–H and O–H groups in total. The lowest BCUT2D eigenvalue weighted by atomic mass is 10.5. The summed E-state index contributed by atoms with van der Waals surface area (Å²) in [6.07, 6.45) is 1.39. The van der Waals surface area contributed by atoms with Crippen molar-refractivity contribution in [3.8, 4) is 0 Å². The highest BCUT2D eigenvalue weighted by molar-refractivity contribution is 5.87. The summed E-state index contributed by atoms with van der Waals surface area (Å²) in [5, 5.41) is 8.26. The van der Waals surface area contributed by atoms with Gasteiger partial charge in [-0.3, -0.25) is 0 Å². The molecule has 0 amide bonds. The minimum absolute atomic E-state index is 0.159. The molecule has 0 aliphatic carbocycles. The predicted octanol–water partition coefficient (Wildman–Crippen LogP) is 0.175. The summed E-state index contributed by atoms with van der Waals surface area (Å²) in [4.78, 5) is 15.2. The topological polar surface area (TPSA) is 52.9 Å². The van der Waals surface area contributed by atoms with Crippen LogP contribution in [0.4, 0.5) is 0 Å². The molecule has 0 aliphatic rings. The highest BCUT2D eigenvalue weighted by Gasteiger charge is 1.98. The summed E-state index contributed by atoms with van der Waals surface area (Å²) in [6, 6.07) is 0. The lowest BCUT2D eigenvalue weighted by molar-refractivity contribution is -0.132. The number of hydrogen-bond acceptors (Lipinski definition) is 2. The second kappa shape index (κ2) is 3.66. The van der Waals surface area contributed by atoms with Crippen molar-refractivity contribution in [1.82, 2.24) is 4.90 Å². The molecule has 0 saturated carbocycles. The van der Waals surface area contributed by atoms with E-state index in [1.807, 2.05) is 0 Å². The van der Waals surface area contributed by atoms with E-state index in [0.29, 0.717) is 0 Å². The van der Waals surface area contributed by atoms with Crippen LogP contribution in [0.25, 0.3) is 0 Å². The van der Waals surface area contributed by atoms with Crippen molar-refractivity contribution >= 4 is 12.3 Å². The van der Waals surface area contributed by atoms with Gasteiger partial charge in [0.15, 0.2) is 0 Å². The Labute approximate surface area is 59.5 Å². The van der Waals surface area contributed by atoms with E-state index in [9.17, 15) is 4.79 Å². The molecular formula is C6H10N2O2. The Bertz CT molecular complexity index is 173. The molecule has 0 aliphatic heterocycles. The lowest BCUT2D eigenvalue weighted by Gasteiger charge is -2.00. The van der Waals surface area contributed by atoms with Crippen molar-refractivity contribution in [2.24, 2.45) is 4.99 Å². The van der Waals surface area contributed by atoms with Crippen LogP contribution in [0.15, 0.2) is 17.3 Å². The standard InChI is InChI=1S/C6H10N2O2/c1-5(6(9)10)7-4-8(2)3/h4H,1H2,2-3H3,(H,9,10). The van der Waals surface area contributed by atoms with Gasteiger partial charge in [0.2, 0.25) is 0 Å². The third-order valence-corrected chi connectivity index (χ3v) is 0.691. The molecule has 0 radical (unpaired) electrons. The second-order valence-electron chi connectivity index (χ2n) is 1.96. The Morgan fingerprint density at radius 2 is 2.20 bits per heavy atom. The van der Waals surface area contributed by atoms with Gasteiger partial charge in [0.05, 0.1) is 6.34 Å². The maximum absolute atomic E-state index is 10.1. The number of carbonyl (C=O) groups is 1. The van der Waals surface area contributed by atoms with Gasteiger partial charge in [-0.05, 0) is 0 Å². The smallest absolute Gasteiger partial charge is 0.353 e. The highest BCUT2D eigenvalue weighted by atomic mass is 16.4. The molecular weight excluding hydrogens is 132 g/mol. The molecule has 4 heteroatoms. The Morgan fingerprint density at radius 1 is 1.70 bits per heavy atom. The number of aliphatic carboxylic acids is 1. The van der Waals surface area contributed by atoms with Crippen LogP contribution in [0.2, 0.25) is 0 Å². The maximum Gasteiger partial charge on any atom is 0.353 e. The van der Waals surface area contributed by atoms with Gasteiger partial charge >= 0.3 is 5.97 Å². The van der Waals surface area contributed by atoms with E-state index in [-0.39, 0.29) is 5.70 Å². The summed E-state index contributed by atoms with van der Waals surface area (Å²) < 4.78 is 0. The molecule has 4 nitrogen and oxygen atoms in total. The zero-order valence-electron chi connectivity index (χ0n) is 6.03. The Morgan fingerprint density at radius 3 is 2.50 bits per heavy atom. The van der Waals surface area contributed by atoms with Crippen molar-refractivity contribution in [2.75, 3.05) is 14.1 Å². The van der Waals surface area contributed by atoms with Gasteiger partial charge in [-0.2, -0.15) is 0 Å². The number of hydrogen-bond donors (Lipinski definition) is 1. The van der Waals surface area contributed by atoms with Crippen LogP contribution in [0.5, 0.6) is 0 Å². The van der Waals surface area contributed by atoms with Gasteiger partial charge in [0.25, 0.3) is 0 Å². The van der Waals surface area contributed by atoms with E-state index in [1.165, 1.54) is 6.34 Å². The summed E-state index contributed by atoms with van der Waals surface area (Å²) >= 11 is 0. The van der Waals surface area contributed by atoms with Crippen LogP contribution in [0, 0.1) is 0 Å². The van der Waals surface area contributed by atoms with E-state index in [1.54, 1.807) is 19.0 Å². The zero-order valence-corrected chi connectivity index (χ0v) is 6.03. The number of carboxylic acids is 1. The monoisotopic (exact) mass is 142 g/mol. The third kappa shape index (κ3) is 3.65. The van der Waals surface area contributed by atoms with E-state index >= 15 is 0 Å². The van der Waals surface area contributed by atoms with Gasteiger partial charge in [0.1, 0.15) is 5.70 Å². The van der Waals surface area contributed by atoms with Crippen molar-refractivity contribution < 1.29 is 9.90 Å². The zero-order chi connectivity index (χ0) is 8.15. The van der Waals surface area contributed by atoms with Crippen LogP contribution < -0.4 is 0 Å². The molecule has 0 heterocycles. The quantitative estimate of drug-likeness (QED) is 0.347. The van der Waals surface area contributed by atoms with Gasteiger partial charge in [-0.15, -0.1) is 0 Å². The first-order chi connectivity index (χ1) is 4.54. The van der Waals surface area contributed by atoms with Crippen LogP contribution >= 0.6 is 0 Å². The first-order valence-electron chi connectivity index (χ1n) is 2.67. The highest BCUT2D eigenvalue weighted by Crippen LogP contribution is 1.89. The molecule has 0 fully saturated rings. The van der Waals surface area contributed by atoms with Crippen molar-refractivity contribution in [2.45, 2.75) is 0 Å². The summed E-state index contributed by atoms with van der Waals surface area (Å²) in [7, 11) is 3.50. The molecule has 0 rings (SSSR count). The number of nitrogens with zero attached hydrogens (tertiary/aromatic N) is 2. The van der Waals surface area contributed by atoms with Crippen LogP contribution in [-0.2, 0) is 4.79 Å². The molecule has 0 saturated heterocycles. The van der Waals surface area contributed by atoms with E-state index in [0.717, 1.165) is 0 Å². The molecule has 0 spiro atoms. The summed E-state index contributed by atoms with van der Waals surface area (Å²) in [6.45, 7) is 3.20. The summed E-state index contributed by atoms with van der Waals surface area (Å²) in [5.74, 6) is -1.10. The number of aliphatic imine (C=N–C) groups is 1. The third-order valence-electron chi connectivity index (χ3n) is 0.691. The van der Waals surface area contributed by atoms with Crippen LogP contribution in [0.3, 0.4) is 0 Å². The average molecular weight is 142 g/mol. The lowest BCUT2D eigenvalue weighted by Crippen LogP contribution is -2.09. The first-order valence-corrected chi connectivity index (χ1v) is 2.67. The van der Waals surface area contributed by atoms with E-state index < -0.39 is 5.97 Å². The van der Waals surface area contributed by atoms with Crippen molar-refractivity contribution in [1.29, 1.82) is 0 Å². The Kier molecular flexibility index (Phi) is 3.17. The Balaban J connectivity index is 3.91. The molecule has 0 aromatic carbocycles. The van der Waals surface area contributed by atoms with E-state index in [2.05, 4.69) is 11.6 Å². The molecule has 0 aromatic heterocycles. The largest absolute Gasteiger partial charge is 0.477 e. The fraction of sp³-hybridized carbons (Fsp3) is 0.333. The molecule has 0 aromatic rings. The second-order valence-corrected chi connectivity index (χ2v) is 1.96. The fourth-order valence-electron chi connectivity index (χ4n) is 0.240. The van der Waals surface area contributed by atoms with Gasteiger partial charge in [0, 0.05) is 14.1 Å². The minimum atomic E-state index is -1.10. The van der Waals surface area contributed by atoms with Crippen molar-refractivity contribution in [3.05, 3.63) is 12.3 Å². The number of rotatable bonds is 3. The molecule has 0 unspecified atom stereocenters. The van der Waals surface area contributed by atoms with Gasteiger partial charge in [-0.25, -0.2) is 9.79 Å². The van der Waals surface area contributed by atoms with Gasteiger partial charge in [-0.1, -0.05) is 6.58 Å². The van der Waals surface area contributed by atoms with Crippen LogP contribution in [-0.4, -0.2) is 36.4 Å². The Hall–Kier alpha value is -1.32. The maximum atomic E-state index is 10.1. The minimum Gasteiger partial charge on any atom is -0.477 e. The summed E-state index contributed by atoms with van der Waals surface area (Å²) in [5.41, 5.74) is -0.159. The molecule has 0 bridgehead atoms. The van der Waals surface area contributed by atoms with E-state index in [4.69, 9.17) is 5.11 Å². The molecule has 10 heavy (non-hydrogen) atoms. The predicted molar refractivity (Wildman–Crippen MR) is 39.0 cm³/mol. The first kappa shape index (κ1) is 8.68. The van der Waals surface area contributed by atoms with Crippen LogP contribution in [0.1, 0.15) is 0 Å². The normalized spacial score (nSPS) is 9.80. The van der Waals surface area contributed by atoms with Gasteiger partial charge < -0.3 is 10.0 Å². The molecule has 56 valence electrons. The average Bonchev–Trinajstić information content (AvgIpc) is 1.82. The van der Waals surface area contributed by atoms with Crippen molar-refractivity contribution in [3.63, 3.8) is 0 Å². The SMILES string of the molecule is C=C(N=CN(C)C)C(=O)O.